The van der Waals surface area contributed by atoms with E-state index in [1.165, 1.54) is 0 Å². The number of primary amides is 1. The van der Waals surface area contributed by atoms with Gasteiger partial charge in [-0.05, 0) is 47.1 Å². The van der Waals surface area contributed by atoms with Crippen LogP contribution in [0.4, 0.5) is 0 Å². The lowest BCUT2D eigenvalue weighted by Gasteiger charge is -2.10. The monoisotopic (exact) mass is 314 g/mol. The fraction of sp³-hybridized carbons (Fsp3) is 0.462. The Bertz CT molecular complexity index is 408. The van der Waals surface area contributed by atoms with Gasteiger partial charge in [0.2, 0.25) is 5.91 Å². The van der Waals surface area contributed by atoms with Crippen LogP contribution >= 0.6 is 15.9 Å². The Hall–Kier alpha value is -1.07. The number of ether oxygens (including phenoxy) is 1. The molecule has 5 heteroatoms. The van der Waals surface area contributed by atoms with E-state index in [2.05, 4.69) is 35.1 Å². The number of nitrogens with two attached hydrogens (primary N) is 1. The Morgan fingerprint density at radius 3 is 2.78 bits per heavy atom. The highest BCUT2D eigenvalue weighted by atomic mass is 79.9. The van der Waals surface area contributed by atoms with Crippen molar-refractivity contribution in [1.29, 1.82) is 0 Å². The van der Waals surface area contributed by atoms with Gasteiger partial charge in [-0.15, -0.1) is 0 Å². The molecule has 0 saturated heterocycles. The quantitative estimate of drug-likeness (QED) is 0.759. The number of hydrogen-bond acceptors (Lipinski definition) is 3. The molecule has 1 aromatic carbocycles. The molecule has 100 valence electrons. The van der Waals surface area contributed by atoms with Crippen LogP contribution in [-0.4, -0.2) is 25.1 Å². The van der Waals surface area contributed by atoms with Gasteiger partial charge >= 0.3 is 0 Å². The smallest absolute Gasteiger partial charge is 0.249 e. The second kappa shape index (κ2) is 7.38. The third-order valence-electron chi connectivity index (χ3n) is 2.35. The average molecular weight is 315 g/mol. The van der Waals surface area contributed by atoms with E-state index in [0.717, 1.165) is 18.7 Å². The van der Waals surface area contributed by atoms with Gasteiger partial charge in [0.15, 0.2) is 0 Å². The lowest BCUT2D eigenvalue weighted by atomic mass is 10.2. The van der Waals surface area contributed by atoms with Crippen molar-refractivity contribution in [2.24, 2.45) is 5.73 Å². The van der Waals surface area contributed by atoms with Gasteiger partial charge in [-0.25, -0.2) is 0 Å². The maximum absolute atomic E-state index is 11.0. The molecule has 0 radical (unpaired) electrons. The van der Waals surface area contributed by atoms with E-state index < -0.39 is 5.91 Å². The summed E-state index contributed by atoms with van der Waals surface area (Å²) in [5.41, 5.74) is 5.68. The highest BCUT2D eigenvalue weighted by Gasteiger charge is 2.06. The van der Waals surface area contributed by atoms with Crippen LogP contribution in [0, 0.1) is 0 Å². The fourth-order valence-electron chi connectivity index (χ4n) is 1.44. The van der Waals surface area contributed by atoms with Crippen molar-refractivity contribution < 1.29 is 9.53 Å². The summed E-state index contributed by atoms with van der Waals surface area (Å²) in [6, 6.07) is 5.67. The van der Waals surface area contributed by atoms with Crippen LogP contribution in [0.3, 0.4) is 0 Å². The first-order chi connectivity index (χ1) is 8.50. The van der Waals surface area contributed by atoms with E-state index in [9.17, 15) is 4.79 Å². The summed E-state index contributed by atoms with van der Waals surface area (Å²) in [5, 5.41) is 3.32. The van der Waals surface area contributed by atoms with Gasteiger partial charge in [-0.2, -0.15) is 0 Å². The number of rotatable bonds is 7. The minimum absolute atomic E-state index is 0.449. The average Bonchev–Trinajstić information content (AvgIpc) is 2.27. The summed E-state index contributed by atoms with van der Waals surface area (Å²) in [6.45, 7) is 5.79. The molecule has 0 atom stereocenters. The standard InChI is InChI=1S/C13H19BrN2O2/c1-9(2)16-6-3-7-18-10-4-5-11(13(15)17)12(14)8-10/h4-5,8-9,16H,3,6-7H2,1-2H3,(H2,15,17). The van der Waals surface area contributed by atoms with E-state index in [1.54, 1.807) is 18.2 Å². The molecule has 0 fully saturated rings. The topological polar surface area (TPSA) is 64.3 Å². The van der Waals surface area contributed by atoms with Gasteiger partial charge < -0.3 is 15.8 Å². The molecular weight excluding hydrogens is 296 g/mol. The fourth-order valence-corrected chi connectivity index (χ4v) is 1.99. The second-order valence-electron chi connectivity index (χ2n) is 4.32. The van der Waals surface area contributed by atoms with Crippen molar-refractivity contribution in [3.05, 3.63) is 28.2 Å². The first kappa shape index (κ1) is 15.0. The number of carbonyl (C=O) groups is 1. The van der Waals surface area contributed by atoms with Crippen LogP contribution in [0.5, 0.6) is 5.75 Å². The van der Waals surface area contributed by atoms with Crippen LogP contribution in [-0.2, 0) is 0 Å². The van der Waals surface area contributed by atoms with Crippen molar-refractivity contribution in [3.8, 4) is 5.75 Å². The lowest BCUT2D eigenvalue weighted by Crippen LogP contribution is -2.24. The van der Waals surface area contributed by atoms with Crippen LogP contribution in [0.2, 0.25) is 0 Å². The minimum Gasteiger partial charge on any atom is -0.494 e. The summed E-state index contributed by atoms with van der Waals surface area (Å²) < 4.78 is 6.24. The summed E-state index contributed by atoms with van der Waals surface area (Å²) >= 11 is 3.30. The number of nitrogens with one attached hydrogen (secondary N) is 1. The lowest BCUT2D eigenvalue weighted by molar-refractivity contribution is 0.0999. The SMILES string of the molecule is CC(C)NCCCOc1ccc(C(N)=O)c(Br)c1. The third-order valence-corrected chi connectivity index (χ3v) is 3.00. The van der Waals surface area contributed by atoms with Crippen molar-refractivity contribution in [2.45, 2.75) is 26.3 Å². The number of carbonyl (C=O) groups excluding carboxylic acids is 1. The number of halogens is 1. The van der Waals surface area contributed by atoms with Crippen molar-refractivity contribution in [3.63, 3.8) is 0 Å². The zero-order valence-electron chi connectivity index (χ0n) is 10.7. The second-order valence-corrected chi connectivity index (χ2v) is 5.17. The summed E-state index contributed by atoms with van der Waals surface area (Å²) in [6.07, 6.45) is 0.938. The molecule has 1 rings (SSSR count). The summed E-state index contributed by atoms with van der Waals surface area (Å²) in [5.74, 6) is 0.283. The highest BCUT2D eigenvalue weighted by Crippen LogP contribution is 2.22. The molecule has 0 aliphatic carbocycles. The molecule has 0 aliphatic rings. The largest absolute Gasteiger partial charge is 0.494 e. The molecule has 1 amide bonds. The zero-order chi connectivity index (χ0) is 13.5. The molecule has 4 nitrogen and oxygen atoms in total. The van der Waals surface area contributed by atoms with E-state index in [4.69, 9.17) is 10.5 Å². The van der Waals surface area contributed by atoms with Crippen LogP contribution in [0.15, 0.2) is 22.7 Å². The van der Waals surface area contributed by atoms with E-state index >= 15 is 0 Å². The van der Waals surface area contributed by atoms with Crippen LogP contribution in [0.1, 0.15) is 30.6 Å². The Morgan fingerprint density at radius 2 is 2.22 bits per heavy atom. The zero-order valence-corrected chi connectivity index (χ0v) is 12.3. The molecule has 0 spiro atoms. The van der Waals surface area contributed by atoms with Crippen LogP contribution < -0.4 is 15.8 Å². The van der Waals surface area contributed by atoms with E-state index in [1.807, 2.05) is 0 Å². The predicted molar refractivity (Wildman–Crippen MR) is 75.9 cm³/mol. The maximum atomic E-state index is 11.0. The molecule has 0 heterocycles. The molecule has 0 saturated carbocycles. The molecule has 0 unspecified atom stereocenters. The minimum atomic E-state index is -0.449. The van der Waals surface area contributed by atoms with Gasteiger partial charge in [-0.1, -0.05) is 13.8 Å². The molecule has 3 N–H and O–H groups in total. The number of hydrogen-bond donors (Lipinski definition) is 2. The maximum Gasteiger partial charge on any atom is 0.249 e. The number of benzene rings is 1. The Balaban J connectivity index is 2.39. The molecule has 0 aliphatic heterocycles. The van der Waals surface area contributed by atoms with Gasteiger partial charge in [0.1, 0.15) is 5.75 Å². The predicted octanol–water partition coefficient (Wildman–Crippen LogP) is 2.31. The molecular formula is C13H19BrN2O2. The van der Waals surface area contributed by atoms with Gasteiger partial charge in [0.05, 0.1) is 12.2 Å². The van der Waals surface area contributed by atoms with Gasteiger partial charge in [0, 0.05) is 10.5 Å². The van der Waals surface area contributed by atoms with E-state index in [-0.39, 0.29) is 0 Å². The molecule has 1 aromatic rings. The normalized spacial score (nSPS) is 10.7. The van der Waals surface area contributed by atoms with Crippen LogP contribution in [0.25, 0.3) is 0 Å². The third kappa shape index (κ3) is 5.06. The first-order valence-electron chi connectivity index (χ1n) is 5.96. The number of amides is 1. The molecule has 18 heavy (non-hydrogen) atoms. The van der Waals surface area contributed by atoms with Crippen molar-refractivity contribution in [1.82, 2.24) is 5.32 Å². The summed E-state index contributed by atoms with van der Waals surface area (Å²) in [7, 11) is 0. The molecule has 0 bridgehead atoms. The van der Waals surface area contributed by atoms with Crippen molar-refractivity contribution >= 4 is 21.8 Å². The van der Waals surface area contributed by atoms with Crippen molar-refractivity contribution in [2.75, 3.05) is 13.2 Å². The van der Waals surface area contributed by atoms with Gasteiger partial charge in [-0.3, -0.25) is 4.79 Å². The van der Waals surface area contributed by atoms with E-state index in [0.29, 0.717) is 22.7 Å². The van der Waals surface area contributed by atoms with Gasteiger partial charge in [0.25, 0.3) is 0 Å². The molecule has 0 aromatic heterocycles. The Morgan fingerprint density at radius 1 is 1.50 bits per heavy atom. The first-order valence-corrected chi connectivity index (χ1v) is 6.75. The highest BCUT2D eigenvalue weighted by molar-refractivity contribution is 9.10. The Kier molecular flexibility index (Phi) is 6.15. The Labute approximate surface area is 116 Å². The summed E-state index contributed by atoms with van der Waals surface area (Å²) in [4.78, 5) is 11.0.